The second-order valence-electron chi connectivity index (χ2n) is 6.97. The molecule has 7 nitrogen and oxygen atoms in total. The van der Waals surface area contributed by atoms with Crippen LogP contribution in [0.25, 0.3) is 0 Å². The van der Waals surface area contributed by atoms with Gasteiger partial charge in [0.2, 0.25) is 0 Å². The molecule has 2 aliphatic rings. The van der Waals surface area contributed by atoms with Crippen molar-refractivity contribution in [3.8, 4) is 0 Å². The number of nitrogens with one attached hydrogen (secondary N) is 1. The van der Waals surface area contributed by atoms with E-state index in [-0.39, 0.29) is 12.2 Å². The average Bonchev–Trinajstić information content (AvgIpc) is 3.26. The third-order valence-corrected chi connectivity index (χ3v) is 5.13. The maximum absolute atomic E-state index is 5.93. The molecule has 25 heavy (non-hydrogen) atoms. The quantitative estimate of drug-likeness (QED) is 0.660. The number of aryl methyl sites for hydroxylation is 2. The van der Waals surface area contributed by atoms with Gasteiger partial charge in [0.05, 0.1) is 18.4 Å². The second-order valence-corrected chi connectivity index (χ2v) is 6.97. The van der Waals surface area contributed by atoms with E-state index in [4.69, 9.17) is 14.0 Å². The number of morpholine rings is 1. The Hall–Kier alpha value is -1.60. The van der Waals surface area contributed by atoms with Crippen LogP contribution < -0.4 is 5.32 Å². The highest BCUT2D eigenvalue weighted by Gasteiger charge is 2.32. The second kappa shape index (κ2) is 8.19. The minimum absolute atomic E-state index is 0.134. The summed E-state index contributed by atoms with van der Waals surface area (Å²) in [5, 5.41) is 7.56. The Morgan fingerprint density at radius 3 is 2.76 bits per heavy atom. The molecule has 2 fully saturated rings. The van der Waals surface area contributed by atoms with Crippen molar-refractivity contribution >= 4 is 5.96 Å². The molecule has 0 spiro atoms. The molecule has 0 amide bonds. The van der Waals surface area contributed by atoms with Gasteiger partial charge in [0, 0.05) is 44.8 Å². The molecule has 3 rings (SSSR count). The Morgan fingerprint density at radius 2 is 2.12 bits per heavy atom. The molecule has 3 unspecified atom stereocenters. The van der Waals surface area contributed by atoms with Gasteiger partial charge in [-0.3, -0.25) is 4.99 Å². The molecule has 0 radical (unpaired) electrons. The number of nitrogens with zero attached hydrogens (tertiary/aromatic N) is 3. The van der Waals surface area contributed by atoms with Crippen LogP contribution in [-0.4, -0.2) is 68.1 Å². The van der Waals surface area contributed by atoms with E-state index in [9.17, 15) is 0 Å². The van der Waals surface area contributed by atoms with E-state index in [0.29, 0.717) is 12.5 Å². The molecule has 2 saturated heterocycles. The lowest BCUT2D eigenvalue weighted by Crippen LogP contribution is -2.53. The van der Waals surface area contributed by atoms with Crippen molar-refractivity contribution in [1.82, 2.24) is 15.4 Å². The van der Waals surface area contributed by atoms with Crippen LogP contribution in [0.2, 0.25) is 0 Å². The van der Waals surface area contributed by atoms with Gasteiger partial charge in [-0.05, 0) is 26.7 Å². The van der Waals surface area contributed by atoms with E-state index < -0.39 is 0 Å². The normalized spacial score (nSPS) is 26.1. The molecule has 1 aromatic rings. The summed E-state index contributed by atoms with van der Waals surface area (Å²) < 4.78 is 17.0. The van der Waals surface area contributed by atoms with E-state index >= 15 is 0 Å². The van der Waals surface area contributed by atoms with Crippen LogP contribution in [0.5, 0.6) is 0 Å². The molecule has 1 aromatic heterocycles. The number of rotatable bonds is 4. The number of hydrogen-bond acceptors (Lipinski definition) is 5. The highest BCUT2D eigenvalue weighted by molar-refractivity contribution is 5.80. The first kappa shape index (κ1) is 18.2. The smallest absolute Gasteiger partial charge is 0.193 e. The summed E-state index contributed by atoms with van der Waals surface area (Å²) in [7, 11) is 1.83. The SMILES string of the molecule is CN=C(NCC(C)c1c(C)noc1C)N1CCOC(C2CCCO2)C1. The minimum Gasteiger partial charge on any atom is -0.375 e. The molecule has 7 heteroatoms. The maximum Gasteiger partial charge on any atom is 0.193 e. The summed E-state index contributed by atoms with van der Waals surface area (Å²) in [6, 6.07) is 0. The molecule has 3 heterocycles. The fourth-order valence-corrected chi connectivity index (χ4v) is 3.86. The van der Waals surface area contributed by atoms with Crippen molar-refractivity contribution in [3.05, 3.63) is 17.0 Å². The Bertz CT molecular complexity index is 576. The highest BCUT2D eigenvalue weighted by Crippen LogP contribution is 2.23. The summed E-state index contributed by atoms with van der Waals surface area (Å²) in [6.45, 7) is 10.2. The fourth-order valence-electron chi connectivity index (χ4n) is 3.86. The van der Waals surface area contributed by atoms with Gasteiger partial charge in [-0.2, -0.15) is 0 Å². The van der Waals surface area contributed by atoms with Crippen LogP contribution in [0, 0.1) is 13.8 Å². The van der Waals surface area contributed by atoms with Crippen molar-refractivity contribution in [2.75, 3.05) is 39.9 Å². The molecular weight excluding hydrogens is 320 g/mol. The largest absolute Gasteiger partial charge is 0.375 e. The van der Waals surface area contributed by atoms with Gasteiger partial charge < -0.3 is 24.2 Å². The molecule has 0 aromatic carbocycles. The van der Waals surface area contributed by atoms with Crippen LogP contribution in [0.3, 0.4) is 0 Å². The molecule has 3 atom stereocenters. The summed E-state index contributed by atoms with van der Waals surface area (Å²) in [5.74, 6) is 2.12. The topological polar surface area (TPSA) is 72.1 Å². The number of aliphatic imine (C=N–C) groups is 1. The predicted molar refractivity (Wildman–Crippen MR) is 96.0 cm³/mol. The molecule has 2 aliphatic heterocycles. The van der Waals surface area contributed by atoms with Crippen molar-refractivity contribution in [2.24, 2.45) is 4.99 Å². The van der Waals surface area contributed by atoms with Gasteiger partial charge in [-0.25, -0.2) is 0 Å². The molecule has 140 valence electrons. The number of aromatic nitrogens is 1. The summed E-state index contributed by atoms with van der Waals surface area (Å²) in [4.78, 5) is 6.74. The zero-order valence-corrected chi connectivity index (χ0v) is 15.7. The maximum atomic E-state index is 5.93. The van der Waals surface area contributed by atoms with Gasteiger partial charge in [-0.1, -0.05) is 12.1 Å². The lowest BCUT2D eigenvalue weighted by molar-refractivity contribution is -0.0817. The lowest BCUT2D eigenvalue weighted by Gasteiger charge is -2.37. The first-order valence-electron chi connectivity index (χ1n) is 9.21. The zero-order valence-electron chi connectivity index (χ0n) is 15.7. The Balaban J connectivity index is 1.57. The average molecular weight is 350 g/mol. The number of hydrogen-bond donors (Lipinski definition) is 1. The zero-order chi connectivity index (χ0) is 17.8. The molecule has 0 bridgehead atoms. The Labute approximate surface area is 149 Å². The standard InChI is InChI=1S/C18H30N4O3/c1-12(17-13(2)21-25-14(17)3)10-20-18(19-4)22-7-9-24-16(11-22)15-6-5-8-23-15/h12,15-16H,5-11H2,1-4H3,(H,19,20). The monoisotopic (exact) mass is 350 g/mol. The lowest BCUT2D eigenvalue weighted by atomic mass is 10.00. The van der Waals surface area contributed by atoms with E-state index in [2.05, 4.69) is 27.3 Å². The van der Waals surface area contributed by atoms with Gasteiger partial charge in [0.1, 0.15) is 11.9 Å². The summed E-state index contributed by atoms with van der Waals surface area (Å²) in [5.41, 5.74) is 2.15. The van der Waals surface area contributed by atoms with Crippen LogP contribution in [0.1, 0.15) is 42.7 Å². The van der Waals surface area contributed by atoms with Gasteiger partial charge in [0.15, 0.2) is 5.96 Å². The molecule has 1 N–H and O–H groups in total. The van der Waals surface area contributed by atoms with E-state index in [1.165, 1.54) is 5.56 Å². The summed E-state index contributed by atoms with van der Waals surface area (Å²) in [6.07, 6.45) is 2.58. The van der Waals surface area contributed by atoms with Crippen LogP contribution in [0.4, 0.5) is 0 Å². The summed E-state index contributed by atoms with van der Waals surface area (Å²) >= 11 is 0. The molecular formula is C18H30N4O3. The van der Waals surface area contributed by atoms with Gasteiger partial charge in [0.25, 0.3) is 0 Å². The van der Waals surface area contributed by atoms with Crippen LogP contribution in [-0.2, 0) is 9.47 Å². The van der Waals surface area contributed by atoms with Crippen LogP contribution >= 0.6 is 0 Å². The van der Waals surface area contributed by atoms with Crippen molar-refractivity contribution in [1.29, 1.82) is 0 Å². The Morgan fingerprint density at radius 1 is 1.32 bits per heavy atom. The Kier molecular flexibility index (Phi) is 5.96. The fraction of sp³-hybridized carbons (Fsp3) is 0.778. The minimum atomic E-state index is 0.134. The van der Waals surface area contributed by atoms with E-state index in [1.54, 1.807) is 0 Å². The van der Waals surface area contributed by atoms with Crippen molar-refractivity contribution < 1.29 is 14.0 Å². The van der Waals surface area contributed by atoms with Gasteiger partial charge >= 0.3 is 0 Å². The number of guanidine groups is 1. The van der Waals surface area contributed by atoms with Crippen LogP contribution in [0.15, 0.2) is 9.52 Å². The highest BCUT2D eigenvalue weighted by atomic mass is 16.5. The first-order valence-corrected chi connectivity index (χ1v) is 9.21. The number of ether oxygens (including phenoxy) is 2. The molecule has 0 aliphatic carbocycles. The third kappa shape index (κ3) is 4.15. The van der Waals surface area contributed by atoms with Gasteiger partial charge in [-0.15, -0.1) is 0 Å². The first-order chi connectivity index (χ1) is 12.1. The predicted octanol–water partition coefficient (Wildman–Crippen LogP) is 1.85. The third-order valence-electron chi connectivity index (χ3n) is 5.13. The van der Waals surface area contributed by atoms with E-state index in [0.717, 1.165) is 56.5 Å². The van der Waals surface area contributed by atoms with E-state index in [1.807, 2.05) is 20.9 Å². The van der Waals surface area contributed by atoms with Crippen molar-refractivity contribution in [3.63, 3.8) is 0 Å². The molecule has 0 saturated carbocycles. The van der Waals surface area contributed by atoms with Crippen molar-refractivity contribution in [2.45, 2.75) is 51.7 Å².